The number of hydrogen-bond acceptors (Lipinski definition) is 2. The first-order valence-electron chi connectivity index (χ1n) is 5.58. The van der Waals surface area contributed by atoms with E-state index in [1.54, 1.807) is 0 Å². The maximum absolute atomic E-state index is 12.9. The molecule has 2 rings (SSSR count). The first kappa shape index (κ1) is 12.9. The van der Waals surface area contributed by atoms with Gasteiger partial charge in [-0.25, -0.2) is 13.2 Å². The van der Waals surface area contributed by atoms with Crippen LogP contribution in [0.2, 0.25) is 0 Å². The second kappa shape index (κ2) is 5.39. The lowest BCUT2D eigenvalue weighted by molar-refractivity contribution is 0.0944. The molecular weight excluding hydrogens is 247 g/mol. The number of ether oxygens (including phenoxy) is 1. The van der Waals surface area contributed by atoms with Crippen LogP contribution in [0.25, 0.3) is 0 Å². The summed E-state index contributed by atoms with van der Waals surface area (Å²) in [5.41, 5.74) is -0.231. The van der Waals surface area contributed by atoms with Gasteiger partial charge >= 0.3 is 0 Å². The van der Waals surface area contributed by atoms with Crippen LogP contribution in [-0.2, 0) is 4.74 Å². The molecule has 0 radical (unpaired) electrons. The molecule has 1 amide bonds. The molecule has 1 aliphatic rings. The third-order valence-electron chi connectivity index (χ3n) is 2.82. The van der Waals surface area contributed by atoms with Crippen LogP contribution in [0.4, 0.5) is 13.2 Å². The fraction of sp³-hybridized carbons (Fsp3) is 0.417. The molecule has 1 saturated heterocycles. The molecule has 1 aromatic rings. The van der Waals surface area contributed by atoms with Crippen molar-refractivity contribution in [3.63, 3.8) is 0 Å². The predicted molar refractivity (Wildman–Crippen MR) is 57.6 cm³/mol. The van der Waals surface area contributed by atoms with E-state index < -0.39 is 23.4 Å². The molecule has 0 spiro atoms. The second-order valence-corrected chi connectivity index (χ2v) is 4.19. The fourth-order valence-corrected chi connectivity index (χ4v) is 1.77. The third-order valence-corrected chi connectivity index (χ3v) is 2.82. The highest BCUT2D eigenvalue weighted by Gasteiger charge is 2.18. The molecule has 18 heavy (non-hydrogen) atoms. The normalized spacial score (nSPS) is 18.9. The van der Waals surface area contributed by atoms with Crippen molar-refractivity contribution >= 4 is 5.91 Å². The van der Waals surface area contributed by atoms with Crippen molar-refractivity contribution in [2.75, 3.05) is 19.8 Å². The summed E-state index contributed by atoms with van der Waals surface area (Å²) in [6.07, 6.45) is 0.840. The zero-order chi connectivity index (χ0) is 13.1. The number of rotatable bonds is 3. The number of halogens is 3. The molecule has 1 N–H and O–H groups in total. The Morgan fingerprint density at radius 2 is 2.00 bits per heavy atom. The van der Waals surface area contributed by atoms with Crippen LogP contribution >= 0.6 is 0 Å². The summed E-state index contributed by atoms with van der Waals surface area (Å²) in [6, 6.07) is 1.36. The van der Waals surface area contributed by atoms with Crippen LogP contribution in [0, 0.1) is 23.4 Å². The number of nitrogens with one attached hydrogen (secondary N) is 1. The van der Waals surface area contributed by atoms with Gasteiger partial charge in [0.15, 0.2) is 17.5 Å². The monoisotopic (exact) mass is 259 g/mol. The lowest BCUT2D eigenvalue weighted by Gasteiger charge is -2.09. The van der Waals surface area contributed by atoms with E-state index >= 15 is 0 Å². The Labute approximate surface area is 102 Å². The largest absolute Gasteiger partial charge is 0.381 e. The number of amides is 1. The van der Waals surface area contributed by atoms with Crippen molar-refractivity contribution in [2.24, 2.45) is 5.92 Å². The quantitative estimate of drug-likeness (QED) is 0.841. The molecule has 1 aliphatic heterocycles. The molecule has 1 fully saturated rings. The van der Waals surface area contributed by atoms with Crippen LogP contribution in [0.1, 0.15) is 16.8 Å². The Morgan fingerprint density at radius 3 is 2.56 bits per heavy atom. The SMILES string of the molecule is O=C(NCC1CCOC1)c1cc(F)c(F)c(F)c1. The first-order chi connectivity index (χ1) is 8.58. The van der Waals surface area contributed by atoms with E-state index in [0.717, 1.165) is 6.42 Å². The Kier molecular flexibility index (Phi) is 3.86. The van der Waals surface area contributed by atoms with Gasteiger partial charge < -0.3 is 10.1 Å². The van der Waals surface area contributed by atoms with E-state index in [1.165, 1.54) is 0 Å². The van der Waals surface area contributed by atoms with E-state index in [0.29, 0.717) is 31.9 Å². The van der Waals surface area contributed by atoms with Crippen LogP contribution in [0.3, 0.4) is 0 Å². The number of hydrogen-bond donors (Lipinski definition) is 1. The van der Waals surface area contributed by atoms with Crippen molar-refractivity contribution < 1.29 is 22.7 Å². The van der Waals surface area contributed by atoms with Crippen LogP contribution in [0.15, 0.2) is 12.1 Å². The van der Waals surface area contributed by atoms with Crippen molar-refractivity contribution in [1.29, 1.82) is 0 Å². The molecule has 98 valence electrons. The minimum absolute atomic E-state index is 0.212. The highest BCUT2D eigenvalue weighted by molar-refractivity contribution is 5.94. The van der Waals surface area contributed by atoms with E-state index in [4.69, 9.17) is 4.74 Å². The van der Waals surface area contributed by atoms with Gasteiger partial charge in [-0.05, 0) is 18.6 Å². The zero-order valence-electron chi connectivity index (χ0n) is 9.51. The number of benzene rings is 1. The third kappa shape index (κ3) is 2.81. The molecule has 1 unspecified atom stereocenters. The van der Waals surface area contributed by atoms with Gasteiger partial charge in [-0.3, -0.25) is 4.79 Å². The predicted octanol–water partition coefficient (Wildman–Crippen LogP) is 1.87. The molecule has 0 aromatic heterocycles. The van der Waals surface area contributed by atoms with Gasteiger partial charge in [-0.15, -0.1) is 0 Å². The lowest BCUT2D eigenvalue weighted by atomic mass is 10.1. The molecule has 0 aliphatic carbocycles. The van der Waals surface area contributed by atoms with Gasteiger partial charge in [0.1, 0.15) is 0 Å². The summed E-state index contributed by atoms with van der Waals surface area (Å²) in [7, 11) is 0. The van der Waals surface area contributed by atoms with E-state index in [1.807, 2.05) is 0 Å². The molecule has 1 atom stereocenters. The van der Waals surface area contributed by atoms with Crippen molar-refractivity contribution in [3.8, 4) is 0 Å². The summed E-state index contributed by atoms with van der Waals surface area (Å²) in [6.45, 7) is 1.59. The van der Waals surface area contributed by atoms with E-state index in [-0.39, 0.29) is 11.5 Å². The van der Waals surface area contributed by atoms with Gasteiger partial charge in [0.2, 0.25) is 0 Å². The summed E-state index contributed by atoms with van der Waals surface area (Å²) in [4.78, 5) is 11.6. The highest BCUT2D eigenvalue weighted by Crippen LogP contribution is 2.14. The van der Waals surface area contributed by atoms with Crippen molar-refractivity contribution in [3.05, 3.63) is 35.1 Å². The van der Waals surface area contributed by atoms with Crippen molar-refractivity contribution in [1.82, 2.24) is 5.32 Å². The van der Waals surface area contributed by atoms with Gasteiger partial charge in [0.05, 0.1) is 6.61 Å². The maximum Gasteiger partial charge on any atom is 0.251 e. The number of carbonyl (C=O) groups is 1. The highest BCUT2D eigenvalue weighted by atomic mass is 19.2. The minimum Gasteiger partial charge on any atom is -0.381 e. The summed E-state index contributed by atoms with van der Waals surface area (Å²) in [5.74, 6) is -4.73. The van der Waals surface area contributed by atoms with E-state index in [9.17, 15) is 18.0 Å². The topological polar surface area (TPSA) is 38.3 Å². The summed E-state index contributed by atoms with van der Waals surface area (Å²) in [5, 5.41) is 2.54. The van der Waals surface area contributed by atoms with Crippen LogP contribution in [-0.4, -0.2) is 25.7 Å². The molecular formula is C12H12F3NO2. The van der Waals surface area contributed by atoms with E-state index in [2.05, 4.69) is 5.32 Å². The average Bonchev–Trinajstić information content (AvgIpc) is 2.85. The first-order valence-corrected chi connectivity index (χ1v) is 5.58. The van der Waals surface area contributed by atoms with Gasteiger partial charge in [-0.2, -0.15) is 0 Å². The zero-order valence-corrected chi connectivity index (χ0v) is 9.51. The maximum atomic E-state index is 12.9. The Morgan fingerprint density at radius 1 is 1.33 bits per heavy atom. The smallest absolute Gasteiger partial charge is 0.251 e. The van der Waals surface area contributed by atoms with Crippen LogP contribution < -0.4 is 5.32 Å². The number of carbonyl (C=O) groups excluding carboxylic acids is 1. The standard InChI is InChI=1S/C12H12F3NO2/c13-9-3-8(4-10(14)11(9)15)12(17)16-5-7-1-2-18-6-7/h3-4,7H,1-2,5-6H2,(H,16,17). The Hall–Kier alpha value is -1.56. The lowest BCUT2D eigenvalue weighted by Crippen LogP contribution is -2.29. The summed E-state index contributed by atoms with van der Waals surface area (Å²) >= 11 is 0. The Bertz CT molecular complexity index is 436. The van der Waals surface area contributed by atoms with Crippen molar-refractivity contribution in [2.45, 2.75) is 6.42 Å². The average molecular weight is 259 g/mol. The summed E-state index contributed by atoms with van der Waals surface area (Å²) < 4.78 is 43.7. The molecule has 0 saturated carbocycles. The molecule has 1 aromatic carbocycles. The van der Waals surface area contributed by atoms with Gasteiger partial charge in [0, 0.05) is 24.6 Å². The molecule has 3 nitrogen and oxygen atoms in total. The molecule has 6 heteroatoms. The molecule has 0 bridgehead atoms. The van der Waals surface area contributed by atoms with Gasteiger partial charge in [-0.1, -0.05) is 0 Å². The fourth-order valence-electron chi connectivity index (χ4n) is 1.77. The second-order valence-electron chi connectivity index (χ2n) is 4.19. The Balaban J connectivity index is 2.00. The van der Waals surface area contributed by atoms with Crippen LogP contribution in [0.5, 0.6) is 0 Å². The minimum atomic E-state index is -1.57. The molecule has 1 heterocycles. The van der Waals surface area contributed by atoms with Gasteiger partial charge in [0.25, 0.3) is 5.91 Å².